The Morgan fingerprint density at radius 1 is 0.658 bits per heavy atom. The molecule has 0 unspecified atom stereocenters. The lowest BCUT2D eigenvalue weighted by molar-refractivity contribution is -0.660. The molecular weight excluding hydrogens is 466 g/mol. The van der Waals surface area contributed by atoms with E-state index in [1.54, 1.807) is 0 Å². The molecule has 0 N–H and O–H groups in total. The molecule has 38 heavy (non-hydrogen) atoms. The van der Waals surface area contributed by atoms with E-state index in [4.69, 9.17) is 4.42 Å². The fourth-order valence-corrected chi connectivity index (χ4v) is 5.39. The topological polar surface area (TPSA) is 64.6 Å². The molecule has 0 aliphatic heterocycles. The van der Waals surface area contributed by atoms with Crippen LogP contribution >= 0.6 is 0 Å². The minimum atomic E-state index is 0.507. The minimum absolute atomic E-state index is 0.507. The second kappa shape index (κ2) is 9.04. The number of aryl methyl sites for hydroxylation is 3. The molecule has 4 nitrogen and oxygen atoms in total. The van der Waals surface area contributed by atoms with Gasteiger partial charge in [-0.3, -0.25) is 0 Å². The van der Waals surface area contributed by atoms with Crippen LogP contribution in [-0.2, 0) is 7.05 Å². The van der Waals surface area contributed by atoms with Crippen molar-refractivity contribution in [2.75, 3.05) is 0 Å². The van der Waals surface area contributed by atoms with Crippen LogP contribution < -0.4 is 4.57 Å². The van der Waals surface area contributed by atoms with Crippen molar-refractivity contribution in [3.05, 3.63) is 113 Å². The Morgan fingerprint density at radius 3 is 2.11 bits per heavy atom. The Kier molecular flexibility index (Phi) is 5.52. The van der Waals surface area contributed by atoms with Crippen molar-refractivity contribution in [3.63, 3.8) is 0 Å². The Balaban J connectivity index is 1.65. The van der Waals surface area contributed by atoms with Crippen molar-refractivity contribution in [3.8, 4) is 45.6 Å². The van der Waals surface area contributed by atoms with Crippen LogP contribution in [0.15, 0.2) is 95.5 Å². The molecule has 6 rings (SSSR count). The van der Waals surface area contributed by atoms with Crippen LogP contribution in [0.25, 0.3) is 55.4 Å². The Morgan fingerprint density at radius 2 is 1.37 bits per heavy atom. The summed E-state index contributed by atoms with van der Waals surface area (Å²) in [6.07, 6.45) is 2.02. The quantitative estimate of drug-likeness (QED) is 0.238. The van der Waals surface area contributed by atoms with E-state index < -0.39 is 0 Å². The highest BCUT2D eigenvalue weighted by molar-refractivity contribution is 6.14. The third kappa shape index (κ3) is 3.55. The highest BCUT2D eigenvalue weighted by atomic mass is 16.3. The van der Waals surface area contributed by atoms with E-state index in [9.17, 15) is 10.5 Å². The number of rotatable bonds is 3. The molecule has 0 fully saturated rings. The zero-order chi connectivity index (χ0) is 26.4. The maximum Gasteiger partial charge on any atom is 0.216 e. The molecule has 0 atom stereocenters. The molecule has 0 bridgehead atoms. The van der Waals surface area contributed by atoms with E-state index in [1.807, 2.05) is 86.9 Å². The maximum atomic E-state index is 10.1. The summed E-state index contributed by atoms with van der Waals surface area (Å²) in [6, 6.07) is 32.7. The number of hydrogen-bond donors (Lipinski definition) is 0. The van der Waals surface area contributed by atoms with Crippen LogP contribution in [0.5, 0.6) is 0 Å². The molecule has 180 valence electrons. The van der Waals surface area contributed by atoms with E-state index in [1.165, 1.54) is 0 Å². The first-order valence-corrected chi connectivity index (χ1v) is 12.5. The van der Waals surface area contributed by atoms with Gasteiger partial charge in [-0.15, -0.1) is 0 Å². The van der Waals surface area contributed by atoms with Crippen LogP contribution in [0.1, 0.15) is 22.3 Å². The van der Waals surface area contributed by atoms with Gasteiger partial charge in [0.15, 0.2) is 6.20 Å². The zero-order valence-corrected chi connectivity index (χ0v) is 21.4. The summed E-state index contributed by atoms with van der Waals surface area (Å²) in [6.45, 7) is 4.12. The number of furan rings is 1. The lowest BCUT2D eigenvalue weighted by Crippen LogP contribution is -2.30. The minimum Gasteiger partial charge on any atom is -0.454 e. The predicted octanol–water partition coefficient (Wildman–Crippen LogP) is 7.77. The zero-order valence-electron chi connectivity index (χ0n) is 21.4. The molecule has 4 heteroatoms. The molecule has 0 radical (unpaired) electrons. The van der Waals surface area contributed by atoms with Crippen LogP contribution in [0, 0.1) is 36.5 Å². The van der Waals surface area contributed by atoms with Gasteiger partial charge in [0.25, 0.3) is 0 Å². The van der Waals surface area contributed by atoms with Gasteiger partial charge in [0.2, 0.25) is 5.69 Å². The van der Waals surface area contributed by atoms with Crippen molar-refractivity contribution in [2.45, 2.75) is 13.8 Å². The summed E-state index contributed by atoms with van der Waals surface area (Å²) < 4.78 is 8.75. The van der Waals surface area contributed by atoms with Gasteiger partial charge < -0.3 is 4.42 Å². The second-order valence-electron chi connectivity index (χ2n) is 9.60. The Bertz CT molecular complexity index is 1980. The molecule has 0 saturated heterocycles. The van der Waals surface area contributed by atoms with Gasteiger partial charge in [-0.1, -0.05) is 48.5 Å². The molecular formula is C34H24N3O+. The number of fused-ring (bicyclic) bond motifs is 3. The Hall–Kier alpha value is -5.19. The van der Waals surface area contributed by atoms with Crippen molar-refractivity contribution < 1.29 is 8.98 Å². The van der Waals surface area contributed by atoms with Crippen LogP contribution in [-0.4, -0.2) is 0 Å². The molecule has 4 aromatic carbocycles. The van der Waals surface area contributed by atoms with Gasteiger partial charge in [-0.05, 0) is 65.9 Å². The number of hydrogen-bond acceptors (Lipinski definition) is 3. The van der Waals surface area contributed by atoms with E-state index in [2.05, 4.69) is 41.8 Å². The van der Waals surface area contributed by atoms with Gasteiger partial charge >= 0.3 is 0 Å². The normalized spacial score (nSPS) is 11.0. The lowest BCUT2D eigenvalue weighted by Gasteiger charge is -2.11. The third-order valence-corrected chi connectivity index (χ3v) is 7.31. The lowest BCUT2D eigenvalue weighted by atomic mass is 9.91. The molecule has 2 heterocycles. The molecule has 0 aliphatic rings. The number of nitrogens with zero attached hydrogens (tertiary/aromatic N) is 3. The maximum absolute atomic E-state index is 10.1. The average molecular weight is 491 g/mol. The number of benzene rings is 4. The van der Waals surface area contributed by atoms with Gasteiger partial charge in [-0.2, -0.15) is 10.5 Å². The van der Waals surface area contributed by atoms with Gasteiger partial charge in [0.1, 0.15) is 18.2 Å². The third-order valence-electron chi connectivity index (χ3n) is 7.31. The monoisotopic (exact) mass is 490 g/mol. The molecule has 0 amide bonds. The molecule has 0 spiro atoms. The summed E-state index contributed by atoms with van der Waals surface area (Å²) in [5, 5.41) is 22.1. The Labute approximate surface area is 221 Å². The summed E-state index contributed by atoms with van der Waals surface area (Å²) >= 11 is 0. The second-order valence-corrected chi connectivity index (χ2v) is 9.60. The molecule has 0 saturated carbocycles. The van der Waals surface area contributed by atoms with Gasteiger partial charge in [0.05, 0.1) is 28.8 Å². The summed E-state index contributed by atoms with van der Waals surface area (Å²) in [4.78, 5) is 0. The van der Waals surface area contributed by atoms with E-state index in [0.717, 1.165) is 55.4 Å². The SMILES string of the molecule is Cc1ccccc1-c1ccc(-c2c(C#N)ccc3c2oc2c(-c4cccc[n+]4C)c(C)ccc23)cc1C#N. The fourth-order valence-electron chi connectivity index (χ4n) is 5.39. The van der Waals surface area contributed by atoms with Crippen molar-refractivity contribution in [1.82, 2.24) is 0 Å². The van der Waals surface area contributed by atoms with E-state index in [0.29, 0.717) is 22.3 Å². The summed E-state index contributed by atoms with van der Waals surface area (Å²) in [5.74, 6) is 0. The number of nitriles is 2. The first kappa shape index (κ1) is 23.2. The number of pyridine rings is 1. The summed E-state index contributed by atoms with van der Waals surface area (Å²) in [7, 11) is 2.02. The molecule has 2 aromatic heterocycles. The van der Waals surface area contributed by atoms with Gasteiger partial charge in [0, 0.05) is 28.5 Å². The van der Waals surface area contributed by atoms with Crippen molar-refractivity contribution >= 4 is 21.9 Å². The smallest absolute Gasteiger partial charge is 0.216 e. The average Bonchev–Trinajstić information content (AvgIpc) is 3.31. The largest absolute Gasteiger partial charge is 0.454 e. The van der Waals surface area contributed by atoms with E-state index >= 15 is 0 Å². The van der Waals surface area contributed by atoms with E-state index in [-0.39, 0.29) is 0 Å². The van der Waals surface area contributed by atoms with Crippen molar-refractivity contribution in [1.29, 1.82) is 10.5 Å². The summed E-state index contributed by atoms with van der Waals surface area (Å²) in [5.41, 5.74) is 10.2. The van der Waals surface area contributed by atoms with Crippen LogP contribution in [0.4, 0.5) is 0 Å². The highest BCUT2D eigenvalue weighted by Gasteiger charge is 2.23. The highest BCUT2D eigenvalue weighted by Crippen LogP contribution is 2.42. The molecule has 0 aliphatic carbocycles. The van der Waals surface area contributed by atoms with Crippen LogP contribution in [0.2, 0.25) is 0 Å². The molecule has 6 aromatic rings. The predicted molar refractivity (Wildman–Crippen MR) is 150 cm³/mol. The van der Waals surface area contributed by atoms with Crippen LogP contribution in [0.3, 0.4) is 0 Å². The first-order valence-electron chi connectivity index (χ1n) is 12.5. The number of aromatic nitrogens is 1. The first-order chi connectivity index (χ1) is 18.5. The van der Waals surface area contributed by atoms with Crippen molar-refractivity contribution in [2.24, 2.45) is 7.05 Å². The fraction of sp³-hybridized carbons (Fsp3) is 0.0882. The van der Waals surface area contributed by atoms with Gasteiger partial charge in [-0.25, -0.2) is 4.57 Å². The standard InChI is InChI=1S/C34H24N3O/c1-21-8-4-5-9-26(21)27-15-12-23(18-25(27)20-36)32-24(19-35)13-16-29-28-14-11-22(2)31(33(28)38-34(29)32)30-10-6-7-17-37(30)3/h4-18H,1-3H3/q+1.